The van der Waals surface area contributed by atoms with Gasteiger partial charge in [-0.05, 0) is 43.4 Å². The number of ether oxygens (including phenoxy) is 1. The van der Waals surface area contributed by atoms with Gasteiger partial charge in [0, 0.05) is 6.54 Å². The van der Waals surface area contributed by atoms with E-state index in [0.29, 0.717) is 6.54 Å². The van der Waals surface area contributed by atoms with E-state index < -0.39 is 12.1 Å². The lowest BCUT2D eigenvalue weighted by atomic mass is 10.0. The molecule has 1 aromatic carbocycles. The largest absolute Gasteiger partial charge is 0.453 e. The fourth-order valence-corrected chi connectivity index (χ4v) is 3.49. The molecular weight excluding hydrogens is 332 g/mol. The van der Waals surface area contributed by atoms with Crippen LogP contribution in [0.5, 0.6) is 0 Å². The molecule has 0 radical (unpaired) electrons. The highest BCUT2D eigenvalue weighted by molar-refractivity contribution is 5.86. The summed E-state index contributed by atoms with van der Waals surface area (Å²) in [6.45, 7) is 6.52. The number of imidazole rings is 1. The molecule has 1 saturated heterocycles. The van der Waals surface area contributed by atoms with Gasteiger partial charge in [0.15, 0.2) is 0 Å². The molecule has 2 unspecified atom stereocenters. The fourth-order valence-electron chi connectivity index (χ4n) is 3.49. The Morgan fingerprint density at radius 3 is 2.85 bits per heavy atom. The van der Waals surface area contributed by atoms with Gasteiger partial charge in [-0.1, -0.05) is 19.9 Å². The molecule has 2 amide bonds. The maximum absolute atomic E-state index is 13.1. The lowest BCUT2D eigenvalue weighted by Gasteiger charge is -2.29. The molecule has 0 spiro atoms. The monoisotopic (exact) mass is 358 g/mol. The number of likely N-dealkylation sites (tertiary alicyclic amines) is 1. The topological polar surface area (TPSA) is 87.3 Å². The number of aromatic nitrogens is 2. The number of rotatable bonds is 4. The number of nitrogens with zero attached hydrogens (tertiary/aromatic N) is 2. The minimum absolute atomic E-state index is 0.0406. The first-order valence-electron chi connectivity index (χ1n) is 9.02. The van der Waals surface area contributed by atoms with E-state index in [-0.39, 0.29) is 17.9 Å². The zero-order valence-corrected chi connectivity index (χ0v) is 15.7. The average Bonchev–Trinajstić information content (AvgIpc) is 3.24. The maximum Gasteiger partial charge on any atom is 0.407 e. The lowest BCUT2D eigenvalue weighted by molar-refractivity contribution is -0.135. The van der Waals surface area contributed by atoms with Crippen LogP contribution >= 0.6 is 0 Å². The SMILES string of the molecule is COC(=O)NC(C(=O)N1CCCC1c1nc2ccc(C)cc2[nH]1)C(C)C. The number of nitrogens with one attached hydrogen (secondary N) is 2. The van der Waals surface area contributed by atoms with Crippen LogP contribution in [0, 0.1) is 12.8 Å². The number of amides is 2. The van der Waals surface area contributed by atoms with E-state index in [1.165, 1.54) is 7.11 Å². The van der Waals surface area contributed by atoms with E-state index in [4.69, 9.17) is 0 Å². The Bertz CT molecular complexity index is 814. The Labute approximate surface area is 153 Å². The van der Waals surface area contributed by atoms with Crippen molar-refractivity contribution >= 4 is 23.0 Å². The van der Waals surface area contributed by atoms with Gasteiger partial charge in [-0.25, -0.2) is 9.78 Å². The first-order chi connectivity index (χ1) is 12.4. The van der Waals surface area contributed by atoms with Crippen LogP contribution in [0.3, 0.4) is 0 Å². The van der Waals surface area contributed by atoms with Gasteiger partial charge >= 0.3 is 6.09 Å². The van der Waals surface area contributed by atoms with Crippen LogP contribution in [0.2, 0.25) is 0 Å². The third kappa shape index (κ3) is 3.52. The molecule has 2 atom stereocenters. The van der Waals surface area contributed by atoms with Crippen LogP contribution in [0.15, 0.2) is 18.2 Å². The maximum atomic E-state index is 13.1. The summed E-state index contributed by atoms with van der Waals surface area (Å²) in [7, 11) is 1.30. The number of aryl methyl sites for hydroxylation is 1. The first kappa shape index (κ1) is 18.2. The standard InChI is InChI=1S/C19H26N4O3/c1-11(2)16(22-19(25)26-4)18(24)23-9-5-6-15(23)17-20-13-8-7-12(3)10-14(13)21-17/h7-8,10-11,15-16H,5-6,9H2,1-4H3,(H,20,21)(H,22,25). The molecule has 1 aliphatic rings. The molecule has 26 heavy (non-hydrogen) atoms. The number of hydrogen-bond donors (Lipinski definition) is 2. The van der Waals surface area contributed by atoms with Crippen molar-refractivity contribution in [2.24, 2.45) is 5.92 Å². The quantitative estimate of drug-likeness (QED) is 0.880. The van der Waals surface area contributed by atoms with Gasteiger partial charge in [-0.3, -0.25) is 4.79 Å². The summed E-state index contributed by atoms with van der Waals surface area (Å²) in [6, 6.07) is 5.36. The van der Waals surface area contributed by atoms with Crippen molar-refractivity contribution in [3.63, 3.8) is 0 Å². The highest BCUT2D eigenvalue weighted by atomic mass is 16.5. The number of alkyl carbamates (subject to hydrolysis) is 1. The van der Waals surface area contributed by atoms with Crippen molar-refractivity contribution in [3.05, 3.63) is 29.6 Å². The van der Waals surface area contributed by atoms with Crippen LogP contribution in [-0.2, 0) is 9.53 Å². The van der Waals surface area contributed by atoms with E-state index in [0.717, 1.165) is 35.3 Å². The van der Waals surface area contributed by atoms with Gasteiger partial charge in [0.2, 0.25) is 5.91 Å². The van der Waals surface area contributed by atoms with Crippen molar-refractivity contribution in [1.29, 1.82) is 0 Å². The summed E-state index contributed by atoms with van der Waals surface area (Å²) in [5, 5.41) is 2.67. The molecule has 2 N–H and O–H groups in total. The van der Waals surface area contributed by atoms with E-state index in [2.05, 4.69) is 26.1 Å². The molecule has 0 bridgehead atoms. The van der Waals surface area contributed by atoms with Crippen molar-refractivity contribution in [2.45, 2.75) is 45.7 Å². The number of carbonyl (C=O) groups is 2. The van der Waals surface area contributed by atoms with Gasteiger partial charge in [0.25, 0.3) is 0 Å². The molecule has 0 saturated carbocycles. The molecule has 0 aliphatic carbocycles. The summed E-state index contributed by atoms with van der Waals surface area (Å²) >= 11 is 0. The third-order valence-electron chi connectivity index (χ3n) is 4.90. The Morgan fingerprint density at radius 2 is 2.15 bits per heavy atom. The Hall–Kier alpha value is -2.57. The number of methoxy groups -OCH3 is 1. The summed E-state index contributed by atoms with van der Waals surface area (Å²) in [4.78, 5) is 34.6. The molecule has 2 aromatic rings. The smallest absolute Gasteiger partial charge is 0.407 e. The fraction of sp³-hybridized carbons (Fsp3) is 0.526. The van der Waals surface area contributed by atoms with E-state index in [9.17, 15) is 9.59 Å². The van der Waals surface area contributed by atoms with Crippen molar-refractivity contribution in [3.8, 4) is 0 Å². The van der Waals surface area contributed by atoms with Gasteiger partial charge in [-0.2, -0.15) is 0 Å². The van der Waals surface area contributed by atoms with Gasteiger partial charge in [-0.15, -0.1) is 0 Å². The van der Waals surface area contributed by atoms with Crippen LogP contribution in [-0.4, -0.2) is 46.6 Å². The summed E-state index contributed by atoms with van der Waals surface area (Å²) < 4.78 is 4.67. The van der Waals surface area contributed by atoms with Gasteiger partial charge in [0.1, 0.15) is 11.9 Å². The third-order valence-corrected chi connectivity index (χ3v) is 4.90. The molecule has 1 aromatic heterocycles. The molecule has 1 aliphatic heterocycles. The summed E-state index contributed by atoms with van der Waals surface area (Å²) in [5.41, 5.74) is 3.04. The average molecular weight is 358 g/mol. The highest BCUT2D eigenvalue weighted by Gasteiger charge is 2.37. The number of benzene rings is 1. The predicted molar refractivity (Wildman–Crippen MR) is 98.7 cm³/mol. The zero-order valence-electron chi connectivity index (χ0n) is 15.7. The molecule has 7 nitrogen and oxygen atoms in total. The van der Waals surface area contributed by atoms with Crippen LogP contribution < -0.4 is 5.32 Å². The van der Waals surface area contributed by atoms with Crippen molar-refractivity contribution < 1.29 is 14.3 Å². The van der Waals surface area contributed by atoms with Gasteiger partial charge < -0.3 is 19.9 Å². The predicted octanol–water partition coefficient (Wildman–Crippen LogP) is 2.92. The second-order valence-electron chi connectivity index (χ2n) is 7.19. The highest BCUT2D eigenvalue weighted by Crippen LogP contribution is 2.32. The molecular formula is C19H26N4O3. The molecule has 2 heterocycles. The molecule has 1 fully saturated rings. The summed E-state index contributed by atoms with van der Waals surface area (Å²) in [6.07, 6.45) is 1.18. The Kier molecular flexibility index (Phi) is 5.15. The van der Waals surface area contributed by atoms with Crippen LogP contribution in [0.4, 0.5) is 4.79 Å². The number of H-pyrrole nitrogens is 1. The number of aromatic amines is 1. The normalized spacial score (nSPS) is 18.3. The van der Waals surface area contributed by atoms with Crippen molar-refractivity contribution in [1.82, 2.24) is 20.2 Å². The number of hydrogen-bond acceptors (Lipinski definition) is 4. The number of fused-ring (bicyclic) bond motifs is 1. The molecule has 7 heteroatoms. The van der Waals surface area contributed by atoms with E-state index in [1.807, 2.05) is 37.8 Å². The van der Waals surface area contributed by atoms with Gasteiger partial charge in [0.05, 0.1) is 24.2 Å². The van der Waals surface area contributed by atoms with Crippen LogP contribution in [0.25, 0.3) is 11.0 Å². The first-order valence-corrected chi connectivity index (χ1v) is 9.02. The second-order valence-corrected chi connectivity index (χ2v) is 7.19. The van der Waals surface area contributed by atoms with Crippen LogP contribution in [0.1, 0.15) is 44.1 Å². The van der Waals surface area contributed by atoms with E-state index >= 15 is 0 Å². The second kappa shape index (κ2) is 7.35. The van der Waals surface area contributed by atoms with E-state index in [1.54, 1.807) is 0 Å². The minimum Gasteiger partial charge on any atom is -0.453 e. The molecule has 140 valence electrons. The lowest BCUT2D eigenvalue weighted by Crippen LogP contribution is -2.51. The van der Waals surface area contributed by atoms with Crippen molar-refractivity contribution in [2.75, 3.05) is 13.7 Å². The zero-order chi connectivity index (χ0) is 18.8. The number of carbonyl (C=O) groups excluding carboxylic acids is 2. The Balaban J connectivity index is 1.85. The minimum atomic E-state index is -0.616. The molecule has 3 rings (SSSR count). The Morgan fingerprint density at radius 1 is 1.38 bits per heavy atom. The summed E-state index contributed by atoms with van der Waals surface area (Å²) in [5.74, 6) is 0.669.